The van der Waals surface area contributed by atoms with E-state index in [0.717, 1.165) is 60.8 Å². The van der Waals surface area contributed by atoms with Gasteiger partial charge in [0.05, 0.1) is 31.6 Å². The van der Waals surface area contributed by atoms with Gasteiger partial charge in [0.2, 0.25) is 0 Å². The molecule has 0 bridgehead atoms. The van der Waals surface area contributed by atoms with Crippen molar-refractivity contribution in [2.75, 3.05) is 49.2 Å². The molecule has 9 nitrogen and oxygen atoms in total. The average Bonchev–Trinajstić information content (AvgIpc) is 3.58. The van der Waals surface area contributed by atoms with Gasteiger partial charge in [-0.25, -0.2) is 9.37 Å². The molecular formula is C26H31FN8O. The lowest BCUT2D eigenvalue weighted by Gasteiger charge is -2.43. The second-order valence-electron chi connectivity index (χ2n) is 9.83. The Morgan fingerprint density at radius 1 is 1.19 bits per heavy atom. The number of nitrogens with one attached hydrogen (secondary N) is 1. The number of ether oxygens (including phenoxy) is 1. The highest BCUT2D eigenvalue weighted by Crippen LogP contribution is 2.41. The first kappa shape index (κ1) is 22.9. The fourth-order valence-corrected chi connectivity index (χ4v) is 5.63. The van der Waals surface area contributed by atoms with Crippen LogP contribution in [0.15, 0.2) is 48.8 Å². The van der Waals surface area contributed by atoms with Gasteiger partial charge in [0.15, 0.2) is 11.5 Å². The quantitative estimate of drug-likeness (QED) is 0.444. The number of nitrogens with two attached hydrogens (primary N) is 1. The summed E-state index contributed by atoms with van der Waals surface area (Å²) in [6.45, 7) is 6.37. The molecule has 2 saturated heterocycles. The summed E-state index contributed by atoms with van der Waals surface area (Å²) in [4.78, 5) is 9.64. The van der Waals surface area contributed by atoms with Crippen molar-refractivity contribution in [1.82, 2.24) is 25.0 Å². The van der Waals surface area contributed by atoms with E-state index in [1.54, 1.807) is 18.3 Å². The number of hydrogen-bond donors (Lipinski definition) is 2. The highest BCUT2D eigenvalue weighted by Gasteiger charge is 2.38. The van der Waals surface area contributed by atoms with E-state index in [-0.39, 0.29) is 17.3 Å². The van der Waals surface area contributed by atoms with Gasteiger partial charge in [-0.2, -0.15) is 14.9 Å². The molecule has 0 saturated carbocycles. The number of morpholine rings is 1. The monoisotopic (exact) mass is 490 g/mol. The molecule has 1 atom stereocenters. The third-order valence-corrected chi connectivity index (χ3v) is 7.76. The molecule has 0 aliphatic carbocycles. The number of rotatable bonds is 5. The number of aromatic amines is 1. The van der Waals surface area contributed by atoms with Gasteiger partial charge < -0.3 is 20.3 Å². The Kier molecular flexibility index (Phi) is 5.85. The molecule has 5 heterocycles. The molecular weight excluding hydrogens is 459 g/mol. The van der Waals surface area contributed by atoms with Crippen LogP contribution in [0, 0.1) is 5.82 Å². The highest BCUT2D eigenvalue weighted by molar-refractivity contribution is 5.84. The van der Waals surface area contributed by atoms with Crippen molar-refractivity contribution in [2.24, 2.45) is 5.73 Å². The Morgan fingerprint density at radius 3 is 2.78 bits per heavy atom. The number of aromatic nitrogens is 5. The SMILES string of the molecule is C[C@@H]1COCCN1c1cc(C2(CN)CCN(c3cccc(F)c3)CC2)c2cnn(-c3ccn[nH]3)c2n1. The Labute approximate surface area is 209 Å². The van der Waals surface area contributed by atoms with Crippen molar-refractivity contribution in [3.63, 3.8) is 0 Å². The number of H-pyrrole nitrogens is 1. The van der Waals surface area contributed by atoms with E-state index in [4.69, 9.17) is 15.5 Å². The minimum absolute atomic E-state index is 0.212. The number of anilines is 2. The van der Waals surface area contributed by atoms with Crippen molar-refractivity contribution in [3.8, 4) is 5.82 Å². The molecule has 2 aliphatic heterocycles. The van der Waals surface area contributed by atoms with E-state index in [0.29, 0.717) is 19.8 Å². The molecule has 0 radical (unpaired) electrons. The third kappa shape index (κ3) is 3.90. The largest absolute Gasteiger partial charge is 0.377 e. The number of hydrogen-bond acceptors (Lipinski definition) is 7. The Morgan fingerprint density at radius 2 is 2.06 bits per heavy atom. The standard InChI is InChI=1S/C26H31FN8O/c1-18-16-36-12-11-34(18)24-14-22(21-15-30-35(25(21)31-24)23-5-8-29-32-23)26(17-28)6-9-33(10-7-26)20-4-2-3-19(27)13-20/h2-5,8,13-15,18H,6-7,9-12,16-17,28H2,1H3,(H,29,32)/t18-/m1/s1. The number of piperidine rings is 1. The van der Waals surface area contributed by atoms with E-state index in [9.17, 15) is 4.39 Å². The van der Waals surface area contributed by atoms with Crippen LogP contribution in [0.2, 0.25) is 0 Å². The summed E-state index contributed by atoms with van der Waals surface area (Å²) in [5.74, 6) is 1.46. The van der Waals surface area contributed by atoms with Gasteiger partial charge in [-0.15, -0.1) is 0 Å². The molecule has 0 spiro atoms. The van der Waals surface area contributed by atoms with E-state index < -0.39 is 0 Å². The molecule has 4 aromatic rings. The van der Waals surface area contributed by atoms with Gasteiger partial charge in [-0.1, -0.05) is 6.07 Å². The summed E-state index contributed by atoms with van der Waals surface area (Å²) in [6.07, 6.45) is 5.31. The molecule has 3 N–H and O–H groups in total. The van der Waals surface area contributed by atoms with E-state index in [1.807, 2.05) is 23.0 Å². The normalized spacial score (nSPS) is 20.2. The van der Waals surface area contributed by atoms with Crippen LogP contribution < -0.4 is 15.5 Å². The third-order valence-electron chi connectivity index (χ3n) is 7.76. The maximum absolute atomic E-state index is 13.9. The predicted octanol–water partition coefficient (Wildman–Crippen LogP) is 3.00. The lowest BCUT2D eigenvalue weighted by molar-refractivity contribution is 0.0985. The molecule has 6 rings (SSSR count). The van der Waals surface area contributed by atoms with E-state index in [1.165, 1.54) is 11.6 Å². The van der Waals surface area contributed by atoms with Crippen molar-refractivity contribution < 1.29 is 9.13 Å². The summed E-state index contributed by atoms with van der Waals surface area (Å²) < 4.78 is 21.4. The molecule has 1 aromatic carbocycles. The van der Waals surface area contributed by atoms with Crippen molar-refractivity contribution in [2.45, 2.75) is 31.2 Å². The molecule has 2 aliphatic rings. The number of benzene rings is 1. The Balaban J connectivity index is 1.43. The minimum atomic E-state index is -0.239. The number of halogens is 1. The Bertz CT molecular complexity index is 1350. The maximum Gasteiger partial charge on any atom is 0.167 e. The summed E-state index contributed by atoms with van der Waals surface area (Å²) in [5, 5.41) is 12.8. The zero-order valence-electron chi connectivity index (χ0n) is 20.4. The fourth-order valence-electron chi connectivity index (χ4n) is 5.63. The summed E-state index contributed by atoms with van der Waals surface area (Å²) in [7, 11) is 0. The molecule has 3 aromatic heterocycles. The molecule has 36 heavy (non-hydrogen) atoms. The van der Waals surface area contributed by atoms with E-state index in [2.05, 4.69) is 38.1 Å². The average molecular weight is 491 g/mol. The van der Waals surface area contributed by atoms with Crippen LogP contribution in [-0.4, -0.2) is 70.4 Å². The molecule has 0 amide bonds. The molecule has 2 fully saturated rings. The first-order valence-corrected chi connectivity index (χ1v) is 12.5. The van der Waals surface area contributed by atoms with Crippen molar-refractivity contribution in [1.29, 1.82) is 0 Å². The summed E-state index contributed by atoms with van der Waals surface area (Å²) >= 11 is 0. The summed E-state index contributed by atoms with van der Waals surface area (Å²) in [6, 6.07) is 11.1. The lowest BCUT2D eigenvalue weighted by atomic mass is 9.72. The van der Waals surface area contributed by atoms with Gasteiger partial charge in [0.25, 0.3) is 0 Å². The van der Waals surface area contributed by atoms with Crippen molar-refractivity contribution in [3.05, 3.63) is 60.2 Å². The summed E-state index contributed by atoms with van der Waals surface area (Å²) in [5.41, 5.74) is 9.18. The second-order valence-corrected chi connectivity index (χ2v) is 9.83. The predicted molar refractivity (Wildman–Crippen MR) is 137 cm³/mol. The van der Waals surface area contributed by atoms with Crippen LogP contribution in [0.4, 0.5) is 15.9 Å². The van der Waals surface area contributed by atoms with Gasteiger partial charge in [-0.3, -0.25) is 5.10 Å². The van der Waals surface area contributed by atoms with Gasteiger partial charge in [0, 0.05) is 48.7 Å². The number of pyridine rings is 1. The maximum atomic E-state index is 13.9. The highest BCUT2D eigenvalue weighted by atomic mass is 19.1. The van der Waals surface area contributed by atoms with Crippen LogP contribution in [0.5, 0.6) is 0 Å². The molecule has 188 valence electrons. The minimum Gasteiger partial charge on any atom is -0.377 e. The number of fused-ring (bicyclic) bond motifs is 1. The van der Waals surface area contributed by atoms with Gasteiger partial charge in [0.1, 0.15) is 11.6 Å². The van der Waals surface area contributed by atoms with Crippen LogP contribution in [-0.2, 0) is 10.2 Å². The van der Waals surface area contributed by atoms with Gasteiger partial charge in [-0.05, 0) is 49.6 Å². The Hall–Kier alpha value is -3.50. The molecule has 10 heteroatoms. The fraction of sp³-hybridized carbons (Fsp3) is 0.423. The smallest absolute Gasteiger partial charge is 0.167 e. The molecule has 0 unspecified atom stereocenters. The number of nitrogens with zero attached hydrogens (tertiary/aromatic N) is 6. The van der Waals surface area contributed by atoms with Crippen LogP contribution >= 0.6 is 0 Å². The zero-order chi connectivity index (χ0) is 24.7. The lowest BCUT2D eigenvalue weighted by Crippen LogP contribution is -2.47. The van der Waals surface area contributed by atoms with Crippen LogP contribution in [0.25, 0.3) is 16.9 Å². The topological polar surface area (TPSA) is 101 Å². The van der Waals surface area contributed by atoms with E-state index >= 15 is 0 Å². The van der Waals surface area contributed by atoms with Crippen LogP contribution in [0.1, 0.15) is 25.3 Å². The first-order chi connectivity index (χ1) is 17.6. The van der Waals surface area contributed by atoms with Crippen LogP contribution in [0.3, 0.4) is 0 Å². The van der Waals surface area contributed by atoms with Crippen molar-refractivity contribution >= 4 is 22.5 Å². The first-order valence-electron chi connectivity index (χ1n) is 12.5. The zero-order valence-corrected chi connectivity index (χ0v) is 20.4. The second kappa shape index (κ2) is 9.18. The van der Waals surface area contributed by atoms with Gasteiger partial charge >= 0.3 is 0 Å².